The monoisotopic (exact) mass is 484 g/mol. The number of unbranched alkanes of at least 4 members (excludes halogenated alkanes) is 5. The number of rotatable bonds is 15. The molecule has 1 aliphatic rings. The molecule has 1 unspecified atom stereocenters. The summed E-state index contributed by atoms with van der Waals surface area (Å²) in [6, 6.07) is 6.47. The number of hydrogen-bond acceptors (Lipinski definition) is 5. The number of benzene rings is 1. The Hall–Kier alpha value is -2.40. The summed E-state index contributed by atoms with van der Waals surface area (Å²) in [6.45, 7) is 6.23. The van der Waals surface area contributed by atoms with Crippen molar-refractivity contribution in [1.29, 1.82) is 0 Å². The van der Waals surface area contributed by atoms with Gasteiger partial charge in [-0.05, 0) is 67.7 Å². The summed E-state index contributed by atoms with van der Waals surface area (Å²) < 4.78 is 4.71. The van der Waals surface area contributed by atoms with Crippen LogP contribution in [0.2, 0.25) is 0 Å². The van der Waals surface area contributed by atoms with Crippen LogP contribution in [0, 0.1) is 0 Å². The lowest BCUT2D eigenvalue weighted by Gasteiger charge is -2.20. The highest BCUT2D eigenvalue weighted by molar-refractivity contribution is 6.09. The first kappa shape index (κ1) is 30.6. The van der Waals surface area contributed by atoms with Crippen molar-refractivity contribution in [3.8, 4) is 0 Å². The third-order valence-electron chi connectivity index (χ3n) is 6.32. The summed E-state index contributed by atoms with van der Waals surface area (Å²) in [4.78, 5) is 16.1. The first-order chi connectivity index (χ1) is 17.1. The number of aliphatic imine (C=N–C) groups is 1. The second kappa shape index (κ2) is 18.9. The highest BCUT2D eigenvalue weighted by atomic mass is 16.5. The number of carbonyl (C=O) groups is 1. The lowest BCUT2D eigenvalue weighted by atomic mass is 9.93. The van der Waals surface area contributed by atoms with Crippen LogP contribution in [0.15, 0.2) is 35.5 Å². The Morgan fingerprint density at radius 1 is 1.20 bits per heavy atom. The second-order valence-corrected chi connectivity index (χ2v) is 8.92. The van der Waals surface area contributed by atoms with Crippen LogP contribution in [0.5, 0.6) is 0 Å². The van der Waals surface area contributed by atoms with Crippen molar-refractivity contribution in [2.24, 2.45) is 10.7 Å². The highest BCUT2D eigenvalue weighted by Gasteiger charge is 2.16. The van der Waals surface area contributed by atoms with Crippen LogP contribution in [0.4, 0.5) is 0 Å². The number of esters is 1. The maximum atomic E-state index is 11.4. The van der Waals surface area contributed by atoms with Gasteiger partial charge < -0.3 is 15.6 Å². The van der Waals surface area contributed by atoms with Crippen molar-refractivity contribution in [2.75, 3.05) is 7.11 Å². The molecule has 0 aromatic heterocycles. The van der Waals surface area contributed by atoms with Gasteiger partial charge in [0.2, 0.25) is 0 Å². The standard InChI is InChI=1S/C28H42N2O3.C2H6/c1-3-4-5-6-7-8-9-12-23-19-22(24(20-29)21-30-25-13-10-14-25)17-18-26(23)27(31)15-11-16-28(32)33-2;1-2/h9,12,17-21,25,27,31H,3-8,10-11,13-16,29H2,1-2H3;1-2H3/b12-9+,24-20+,30-21?;. The average Bonchev–Trinajstić information content (AvgIpc) is 2.86. The summed E-state index contributed by atoms with van der Waals surface area (Å²) in [6.07, 6.45) is 19.4. The number of hydrogen-bond donors (Lipinski definition) is 2. The molecule has 0 aliphatic heterocycles. The third-order valence-corrected chi connectivity index (χ3v) is 6.32. The van der Waals surface area contributed by atoms with E-state index < -0.39 is 6.10 Å². The summed E-state index contributed by atoms with van der Waals surface area (Å²) in [5, 5.41) is 10.8. The summed E-state index contributed by atoms with van der Waals surface area (Å²) in [7, 11) is 1.39. The number of ether oxygens (including phenoxy) is 1. The van der Waals surface area contributed by atoms with Crippen LogP contribution in [0.25, 0.3) is 11.6 Å². The van der Waals surface area contributed by atoms with Crippen LogP contribution in [0.3, 0.4) is 0 Å². The van der Waals surface area contributed by atoms with E-state index in [1.54, 1.807) is 6.20 Å². The average molecular weight is 485 g/mol. The molecule has 1 saturated carbocycles. The van der Waals surface area contributed by atoms with Gasteiger partial charge in [0.05, 0.1) is 13.2 Å². The molecular formula is C30H48N2O3. The molecule has 5 nitrogen and oxygen atoms in total. The Morgan fingerprint density at radius 3 is 2.57 bits per heavy atom. The summed E-state index contributed by atoms with van der Waals surface area (Å²) in [5.41, 5.74) is 9.67. The molecule has 0 heterocycles. The van der Waals surface area contributed by atoms with Crippen molar-refractivity contribution < 1.29 is 14.6 Å². The normalized spacial score (nSPS) is 15.1. The number of allylic oxidation sites excluding steroid dienone is 2. The number of aliphatic hydroxyl groups is 1. The van der Waals surface area contributed by atoms with Crippen LogP contribution in [0.1, 0.15) is 121 Å². The van der Waals surface area contributed by atoms with E-state index in [9.17, 15) is 9.90 Å². The Kier molecular flexibility index (Phi) is 16.5. The Bertz CT molecular complexity index is 810. The van der Waals surface area contributed by atoms with E-state index >= 15 is 0 Å². The molecule has 1 aromatic carbocycles. The van der Waals surface area contributed by atoms with Gasteiger partial charge in [-0.1, -0.05) is 70.7 Å². The maximum Gasteiger partial charge on any atom is 0.305 e. The topological polar surface area (TPSA) is 84.9 Å². The fourth-order valence-electron chi connectivity index (χ4n) is 3.91. The first-order valence-corrected chi connectivity index (χ1v) is 13.6. The molecule has 1 fully saturated rings. The Morgan fingerprint density at radius 2 is 1.94 bits per heavy atom. The van der Waals surface area contributed by atoms with E-state index in [1.807, 2.05) is 32.2 Å². The van der Waals surface area contributed by atoms with Gasteiger partial charge in [0.1, 0.15) is 0 Å². The molecule has 0 amide bonds. The molecular weight excluding hydrogens is 436 g/mol. The minimum absolute atomic E-state index is 0.246. The van der Waals surface area contributed by atoms with Gasteiger partial charge in [-0.15, -0.1) is 0 Å². The second-order valence-electron chi connectivity index (χ2n) is 8.92. The van der Waals surface area contributed by atoms with E-state index in [1.165, 1.54) is 45.6 Å². The number of nitrogens with two attached hydrogens (primary N) is 1. The zero-order chi connectivity index (χ0) is 25.9. The van der Waals surface area contributed by atoms with Crippen molar-refractivity contribution in [1.82, 2.24) is 0 Å². The molecule has 5 heteroatoms. The molecule has 0 spiro atoms. The Balaban J connectivity index is 0.00000298. The molecule has 0 bridgehead atoms. The molecule has 1 aromatic rings. The number of methoxy groups -OCH3 is 1. The van der Waals surface area contributed by atoms with E-state index in [-0.39, 0.29) is 5.97 Å². The largest absolute Gasteiger partial charge is 0.469 e. The predicted octanol–water partition coefficient (Wildman–Crippen LogP) is 7.39. The molecule has 1 atom stereocenters. The minimum Gasteiger partial charge on any atom is -0.469 e. The lowest BCUT2D eigenvalue weighted by molar-refractivity contribution is -0.140. The van der Waals surface area contributed by atoms with Crippen LogP contribution in [-0.2, 0) is 9.53 Å². The van der Waals surface area contributed by atoms with Gasteiger partial charge in [0.25, 0.3) is 0 Å². The number of nitrogens with zero attached hydrogens (tertiary/aromatic N) is 1. The minimum atomic E-state index is -0.637. The quantitative estimate of drug-likeness (QED) is 0.154. The summed E-state index contributed by atoms with van der Waals surface area (Å²) >= 11 is 0. The van der Waals surface area contributed by atoms with Crippen molar-refractivity contribution in [3.63, 3.8) is 0 Å². The molecule has 0 saturated heterocycles. The smallest absolute Gasteiger partial charge is 0.305 e. The molecule has 35 heavy (non-hydrogen) atoms. The van der Waals surface area contributed by atoms with Crippen LogP contribution < -0.4 is 5.73 Å². The predicted molar refractivity (Wildman–Crippen MR) is 149 cm³/mol. The first-order valence-electron chi connectivity index (χ1n) is 13.6. The zero-order valence-electron chi connectivity index (χ0n) is 22.5. The van der Waals surface area contributed by atoms with Gasteiger partial charge in [0.15, 0.2) is 0 Å². The van der Waals surface area contributed by atoms with Crippen molar-refractivity contribution in [2.45, 2.75) is 110 Å². The third kappa shape index (κ3) is 11.7. The fraction of sp³-hybridized carbons (Fsp3) is 0.600. The van der Waals surface area contributed by atoms with E-state index in [0.717, 1.165) is 41.5 Å². The van der Waals surface area contributed by atoms with Gasteiger partial charge in [-0.2, -0.15) is 0 Å². The van der Waals surface area contributed by atoms with Gasteiger partial charge in [-0.3, -0.25) is 9.79 Å². The zero-order valence-corrected chi connectivity index (χ0v) is 22.5. The molecule has 2 rings (SSSR count). The van der Waals surface area contributed by atoms with Crippen LogP contribution in [-0.4, -0.2) is 30.4 Å². The Labute approximate surface area is 213 Å². The van der Waals surface area contributed by atoms with E-state index in [4.69, 9.17) is 10.5 Å². The van der Waals surface area contributed by atoms with E-state index in [0.29, 0.717) is 25.3 Å². The van der Waals surface area contributed by atoms with Gasteiger partial charge >= 0.3 is 5.97 Å². The number of aliphatic hydroxyl groups excluding tert-OH is 1. The fourth-order valence-corrected chi connectivity index (χ4v) is 3.91. The molecule has 1 aliphatic carbocycles. The highest BCUT2D eigenvalue weighted by Crippen LogP contribution is 2.28. The van der Waals surface area contributed by atoms with E-state index in [2.05, 4.69) is 30.1 Å². The van der Waals surface area contributed by atoms with Gasteiger partial charge in [-0.25, -0.2) is 0 Å². The molecule has 0 radical (unpaired) electrons. The number of carbonyl (C=O) groups excluding carboxylic acids is 1. The van der Waals surface area contributed by atoms with Gasteiger partial charge in [0, 0.05) is 30.5 Å². The molecule has 3 N–H and O–H groups in total. The maximum absolute atomic E-state index is 11.4. The van der Waals surface area contributed by atoms with Crippen molar-refractivity contribution >= 4 is 23.8 Å². The van der Waals surface area contributed by atoms with Crippen molar-refractivity contribution in [3.05, 3.63) is 47.2 Å². The molecule has 196 valence electrons. The SMILES string of the molecule is CC.CCCCCCC/C=C/c1cc(/C(C=NC2CCC2)=C/N)ccc1C(O)CCCC(=O)OC. The lowest BCUT2D eigenvalue weighted by Crippen LogP contribution is -2.14. The summed E-state index contributed by atoms with van der Waals surface area (Å²) in [5.74, 6) is -0.246. The van der Waals surface area contributed by atoms with Crippen LogP contribution >= 0.6 is 0 Å².